The van der Waals surface area contributed by atoms with E-state index in [2.05, 4.69) is 47.2 Å². The van der Waals surface area contributed by atoms with Crippen molar-refractivity contribution in [2.24, 2.45) is 0 Å². The van der Waals surface area contributed by atoms with E-state index in [0.717, 1.165) is 37.9 Å². The van der Waals surface area contributed by atoms with Crippen molar-refractivity contribution in [2.45, 2.75) is 71.5 Å². The molecular formula is C15H27N5. The maximum atomic E-state index is 4.21. The Labute approximate surface area is 121 Å². The summed E-state index contributed by atoms with van der Waals surface area (Å²) >= 11 is 0. The highest BCUT2D eigenvalue weighted by atomic mass is 15.4. The number of hydrogen-bond acceptors (Lipinski definition) is 4. The number of unbranched alkanes of at least 4 members (excludes halogenated alkanes) is 2. The summed E-state index contributed by atoms with van der Waals surface area (Å²) < 4.78 is 1.94. The Morgan fingerprint density at radius 1 is 1.20 bits per heavy atom. The van der Waals surface area contributed by atoms with Crippen LogP contribution in [0.25, 0.3) is 0 Å². The Balaban J connectivity index is 1.55. The quantitative estimate of drug-likeness (QED) is 0.681. The van der Waals surface area contributed by atoms with Gasteiger partial charge in [-0.15, -0.1) is 5.10 Å². The van der Waals surface area contributed by atoms with E-state index < -0.39 is 0 Å². The van der Waals surface area contributed by atoms with Crippen LogP contribution in [0.3, 0.4) is 0 Å². The molecule has 0 saturated heterocycles. The molecule has 1 aliphatic rings. The van der Waals surface area contributed by atoms with Crippen molar-refractivity contribution in [1.82, 2.24) is 25.6 Å². The fourth-order valence-corrected chi connectivity index (χ4v) is 2.46. The molecule has 1 aromatic heterocycles. The Morgan fingerprint density at radius 2 is 2.05 bits per heavy atom. The van der Waals surface area contributed by atoms with Crippen molar-refractivity contribution in [3.63, 3.8) is 0 Å². The van der Waals surface area contributed by atoms with Gasteiger partial charge in [-0.05, 0) is 38.5 Å². The second kappa shape index (κ2) is 7.92. The second-order valence-electron chi connectivity index (χ2n) is 5.48. The smallest absolute Gasteiger partial charge is 0.0955 e. The minimum Gasteiger partial charge on any atom is -0.370 e. The van der Waals surface area contributed by atoms with Crippen molar-refractivity contribution >= 4 is 0 Å². The van der Waals surface area contributed by atoms with Crippen LogP contribution in [0.2, 0.25) is 0 Å². The van der Waals surface area contributed by atoms with Crippen LogP contribution in [-0.2, 0) is 13.0 Å². The SMILES string of the molecule is CCCn1cc(CCCCCC2=CNC(CC)N2)nn1. The van der Waals surface area contributed by atoms with E-state index in [1.54, 1.807) is 0 Å². The molecule has 0 spiro atoms. The molecule has 0 fully saturated rings. The molecule has 0 amide bonds. The Bertz CT molecular complexity index is 424. The summed E-state index contributed by atoms with van der Waals surface area (Å²) in [5, 5.41) is 15.2. The molecule has 1 aromatic rings. The van der Waals surface area contributed by atoms with Gasteiger partial charge in [-0.1, -0.05) is 25.5 Å². The number of nitrogens with zero attached hydrogens (tertiary/aromatic N) is 3. The molecule has 0 saturated carbocycles. The van der Waals surface area contributed by atoms with Gasteiger partial charge >= 0.3 is 0 Å². The highest BCUT2D eigenvalue weighted by molar-refractivity contribution is 5.06. The van der Waals surface area contributed by atoms with Gasteiger partial charge in [-0.2, -0.15) is 0 Å². The van der Waals surface area contributed by atoms with E-state index in [9.17, 15) is 0 Å². The van der Waals surface area contributed by atoms with Gasteiger partial charge < -0.3 is 10.6 Å². The standard InChI is InChI=1S/C15H27N5/c1-3-10-20-12-14(18-19-20)9-7-5-6-8-13-11-16-15(4-2)17-13/h11-12,15-17H,3-10H2,1-2H3. The fraction of sp³-hybridized carbons (Fsp3) is 0.733. The molecule has 2 heterocycles. The van der Waals surface area contributed by atoms with Crippen LogP contribution >= 0.6 is 0 Å². The van der Waals surface area contributed by atoms with E-state index >= 15 is 0 Å². The molecule has 1 aliphatic heterocycles. The molecule has 5 nitrogen and oxygen atoms in total. The molecule has 0 aliphatic carbocycles. The lowest BCUT2D eigenvalue weighted by molar-refractivity contribution is 0.531. The van der Waals surface area contributed by atoms with Crippen molar-refractivity contribution in [2.75, 3.05) is 0 Å². The molecule has 1 unspecified atom stereocenters. The molecule has 5 heteroatoms. The van der Waals surface area contributed by atoms with Crippen LogP contribution in [0, 0.1) is 0 Å². The first-order valence-electron chi connectivity index (χ1n) is 7.92. The molecule has 0 aromatic carbocycles. The lowest BCUT2D eigenvalue weighted by atomic mass is 10.1. The number of rotatable bonds is 9. The molecule has 1 atom stereocenters. The van der Waals surface area contributed by atoms with Gasteiger partial charge in [-0.3, -0.25) is 4.68 Å². The Hall–Kier alpha value is -1.52. The molecular weight excluding hydrogens is 250 g/mol. The van der Waals surface area contributed by atoms with Crippen LogP contribution < -0.4 is 10.6 Å². The average molecular weight is 277 g/mol. The van der Waals surface area contributed by atoms with Gasteiger partial charge in [0.05, 0.1) is 11.9 Å². The molecule has 0 radical (unpaired) electrons. The number of hydrogen-bond donors (Lipinski definition) is 2. The Morgan fingerprint density at radius 3 is 2.80 bits per heavy atom. The number of aromatic nitrogens is 3. The van der Waals surface area contributed by atoms with E-state index in [1.165, 1.54) is 25.0 Å². The summed E-state index contributed by atoms with van der Waals surface area (Å²) in [6, 6.07) is 0. The second-order valence-corrected chi connectivity index (χ2v) is 5.48. The first-order chi connectivity index (χ1) is 9.81. The van der Waals surface area contributed by atoms with E-state index in [1.807, 2.05) is 4.68 Å². The van der Waals surface area contributed by atoms with Crippen LogP contribution in [0.15, 0.2) is 18.1 Å². The summed E-state index contributed by atoms with van der Waals surface area (Å²) in [7, 11) is 0. The molecule has 2 N–H and O–H groups in total. The highest BCUT2D eigenvalue weighted by Crippen LogP contribution is 2.12. The third-order valence-corrected chi connectivity index (χ3v) is 3.64. The lowest BCUT2D eigenvalue weighted by Gasteiger charge is -2.10. The minimum atomic E-state index is 0.443. The van der Waals surface area contributed by atoms with Crippen LogP contribution in [0.5, 0.6) is 0 Å². The predicted molar refractivity (Wildman–Crippen MR) is 80.9 cm³/mol. The van der Waals surface area contributed by atoms with Gasteiger partial charge in [0.25, 0.3) is 0 Å². The first-order valence-corrected chi connectivity index (χ1v) is 7.92. The van der Waals surface area contributed by atoms with Crippen molar-refractivity contribution < 1.29 is 0 Å². The predicted octanol–water partition coefficient (Wildman–Crippen LogP) is 2.56. The highest BCUT2D eigenvalue weighted by Gasteiger charge is 2.11. The van der Waals surface area contributed by atoms with Gasteiger partial charge in [0.15, 0.2) is 0 Å². The van der Waals surface area contributed by atoms with Gasteiger partial charge in [0.2, 0.25) is 0 Å². The third kappa shape index (κ3) is 4.54. The summed E-state index contributed by atoms with van der Waals surface area (Å²) in [5.74, 6) is 0. The third-order valence-electron chi connectivity index (χ3n) is 3.64. The van der Waals surface area contributed by atoms with Gasteiger partial charge in [-0.25, -0.2) is 0 Å². The maximum absolute atomic E-state index is 4.21. The molecule has 2 rings (SSSR count). The fourth-order valence-electron chi connectivity index (χ4n) is 2.46. The number of aryl methyl sites for hydroxylation is 2. The Kier molecular flexibility index (Phi) is 5.89. The summed E-state index contributed by atoms with van der Waals surface area (Å²) in [6.07, 6.45) is 12.8. The van der Waals surface area contributed by atoms with Crippen LogP contribution in [-0.4, -0.2) is 21.2 Å². The summed E-state index contributed by atoms with van der Waals surface area (Å²) in [4.78, 5) is 0. The zero-order chi connectivity index (χ0) is 14.2. The largest absolute Gasteiger partial charge is 0.370 e. The summed E-state index contributed by atoms with van der Waals surface area (Å²) in [5.41, 5.74) is 2.48. The van der Waals surface area contributed by atoms with E-state index in [0.29, 0.717) is 6.17 Å². The average Bonchev–Trinajstić information content (AvgIpc) is 3.08. The van der Waals surface area contributed by atoms with Gasteiger partial charge in [0, 0.05) is 24.6 Å². The topological polar surface area (TPSA) is 54.8 Å². The lowest BCUT2D eigenvalue weighted by Crippen LogP contribution is -2.30. The summed E-state index contributed by atoms with van der Waals surface area (Å²) in [6.45, 7) is 5.32. The van der Waals surface area contributed by atoms with Crippen LogP contribution in [0.4, 0.5) is 0 Å². The normalized spacial score (nSPS) is 17.7. The number of nitrogens with one attached hydrogen (secondary N) is 2. The zero-order valence-corrected chi connectivity index (χ0v) is 12.7. The first kappa shape index (κ1) is 14.9. The molecule has 0 bridgehead atoms. The number of allylic oxidation sites excluding steroid dienone is 1. The van der Waals surface area contributed by atoms with E-state index in [-0.39, 0.29) is 0 Å². The van der Waals surface area contributed by atoms with Crippen molar-refractivity contribution in [3.8, 4) is 0 Å². The molecule has 112 valence electrons. The maximum Gasteiger partial charge on any atom is 0.0955 e. The van der Waals surface area contributed by atoms with E-state index in [4.69, 9.17) is 0 Å². The van der Waals surface area contributed by atoms with Crippen LogP contribution in [0.1, 0.15) is 58.1 Å². The molecule has 20 heavy (non-hydrogen) atoms. The van der Waals surface area contributed by atoms with Crippen molar-refractivity contribution in [3.05, 3.63) is 23.8 Å². The van der Waals surface area contributed by atoms with Crippen molar-refractivity contribution in [1.29, 1.82) is 0 Å². The minimum absolute atomic E-state index is 0.443. The zero-order valence-electron chi connectivity index (χ0n) is 12.7. The monoisotopic (exact) mass is 277 g/mol. The van der Waals surface area contributed by atoms with Gasteiger partial charge in [0.1, 0.15) is 0 Å².